The van der Waals surface area contributed by atoms with E-state index in [9.17, 15) is 5.11 Å². The van der Waals surface area contributed by atoms with Crippen LogP contribution in [0.2, 0.25) is 5.02 Å². The Kier molecular flexibility index (Phi) is 3.80. The summed E-state index contributed by atoms with van der Waals surface area (Å²) in [6.07, 6.45) is 0.878. The van der Waals surface area contributed by atoms with Gasteiger partial charge in [0, 0.05) is 10.6 Å². The normalized spacial score (nSPS) is 12.0. The van der Waals surface area contributed by atoms with Crippen molar-refractivity contribution in [2.24, 2.45) is 0 Å². The first-order valence-electron chi connectivity index (χ1n) is 7.69. The van der Waals surface area contributed by atoms with E-state index < -0.39 is 0 Å². The van der Waals surface area contributed by atoms with E-state index in [2.05, 4.69) is 44.0 Å². The fraction of sp³-hybridized carbons (Fsp3) is 0.333. The number of fused-ring (bicyclic) bond motifs is 1. The topological polar surface area (TPSA) is 50.9 Å². The van der Waals surface area contributed by atoms with Crippen LogP contribution in [-0.2, 0) is 11.8 Å². The molecule has 0 unspecified atom stereocenters. The van der Waals surface area contributed by atoms with Crippen LogP contribution in [0.15, 0.2) is 30.3 Å². The second-order valence-electron chi connectivity index (χ2n) is 6.74. The van der Waals surface area contributed by atoms with Crippen LogP contribution in [0.1, 0.15) is 38.8 Å². The summed E-state index contributed by atoms with van der Waals surface area (Å²) in [6.45, 7) is 8.34. The Hall–Kier alpha value is -2.07. The smallest absolute Gasteiger partial charge is 0.146 e. The minimum atomic E-state index is -0.167. The van der Waals surface area contributed by atoms with Gasteiger partial charge in [0.2, 0.25) is 0 Å². The van der Waals surface area contributed by atoms with Crippen molar-refractivity contribution in [3.05, 3.63) is 46.5 Å². The number of phenols is 1. The lowest BCUT2D eigenvalue weighted by Crippen LogP contribution is -2.14. The number of aryl methyl sites for hydroxylation is 1. The third-order valence-corrected chi connectivity index (χ3v) is 4.16. The van der Waals surface area contributed by atoms with Gasteiger partial charge < -0.3 is 5.11 Å². The third-order valence-electron chi connectivity index (χ3n) is 3.92. The van der Waals surface area contributed by atoms with Crippen LogP contribution in [0.5, 0.6) is 5.75 Å². The van der Waals surface area contributed by atoms with Crippen LogP contribution in [0.25, 0.3) is 16.7 Å². The summed E-state index contributed by atoms with van der Waals surface area (Å²) in [5.41, 5.74) is 3.92. The Balaban J connectivity index is 2.24. The minimum Gasteiger partial charge on any atom is -0.505 e. The molecule has 120 valence electrons. The lowest BCUT2D eigenvalue weighted by Gasteiger charge is -2.22. The number of phenolic OH excluding ortho intramolecular Hbond substituents is 1. The highest BCUT2D eigenvalue weighted by atomic mass is 35.5. The van der Waals surface area contributed by atoms with E-state index >= 15 is 0 Å². The van der Waals surface area contributed by atoms with E-state index in [-0.39, 0.29) is 11.2 Å². The summed E-state index contributed by atoms with van der Waals surface area (Å²) < 4.78 is 0. The molecule has 0 radical (unpaired) electrons. The maximum atomic E-state index is 10.8. The summed E-state index contributed by atoms with van der Waals surface area (Å²) in [4.78, 5) is 1.49. The Labute approximate surface area is 140 Å². The highest BCUT2D eigenvalue weighted by molar-refractivity contribution is 6.31. The van der Waals surface area contributed by atoms with Crippen LogP contribution in [0, 0.1) is 0 Å². The lowest BCUT2D eigenvalue weighted by atomic mass is 9.84. The minimum absolute atomic E-state index is 0.167. The molecule has 1 heterocycles. The van der Waals surface area contributed by atoms with Gasteiger partial charge >= 0.3 is 0 Å². The van der Waals surface area contributed by atoms with Crippen molar-refractivity contribution in [3.63, 3.8) is 0 Å². The van der Waals surface area contributed by atoms with Gasteiger partial charge in [-0.15, -0.1) is 15.0 Å². The van der Waals surface area contributed by atoms with Crippen LogP contribution < -0.4 is 0 Å². The Morgan fingerprint density at radius 3 is 2.43 bits per heavy atom. The molecule has 2 aromatic carbocycles. The highest BCUT2D eigenvalue weighted by Gasteiger charge is 2.22. The van der Waals surface area contributed by atoms with E-state index in [1.165, 1.54) is 4.80 Å². The van der Waals surface area contributed by atoms with Gasteiger partial charge in [-0.05, 0) is 41.7 Å². The van der Waals surface area contributed by atoms with E-state index in [0.29, 0.717) is 16.2 Å². The molecule has 0 fully saturated rings. The summed E-state index contributed by atoms with van der Waals surface area (Å²) in [5, 5.41) is 20.3. The number of aromatic hydroxyl groups is 1. The van der Waals surface area contributed by atoms with Crippen LogP contribution >= 0.6 is 11.6 Å². The molecule has 0 spiro atoms. The molecule has 4 nitrogen and oxygen atoms in total. The molecule has 1 aromatic heterocycles. The summed E-state index contributed by atoms with van der Waals surface area (Å²) >= 11 is 6.01. The van der Waals surface area contributed by atoms with Crippen LogP contribution in [0.3, 0.4) is 0 Å². The molecule has 0 bridgehead atoms. The van der Waals surface area contributed by atoms with Crippen molar-refractivity contribution in [2.75, 3.05) is 0 Å². The molecule has 0 aliphatic carbocycles. The number of rotatable bonds is 2. The average Bonchev–Trinajstić information content (AvgIpc) is 2.89. The lowest BCUT2D eigenvalue weighted by molar-refractivity contribution is 0.440. The van der Waals surface area contributed by atoms with E-state index in [4.69, 9.17) is 11.6 Å². The first-order valence-corrected chi connectivity index (χ1v) is 8.06. The van der Waals surface area contributed by atoms with Crippen molar-refractivity contribution >= 4 is 22.6 Å². The molecule has 5 heteroatoms. The summed E-state index contributed by atoms with van der Waals surface area (Å²) in [5.74, 6) is 0.223. The molecule has 0 saturated heterocycles. The van der Waals surface area contributed by atoms with Crippen molar-refractivity contribution in [2.45, 2.75) is 39.5 Å². The standard InChI is InChI=1S/C18H20ClN3O/c1-5-11-8-13(18(2,3)4)17(23)16(9-11)22-20-14-7-6-12(19)10-15(14)21-22/h6-10,23H,5H2,1-4H3. The van der Waals surface area contributed by atoms with Gasteiger partial charge in [-0.2, -0.15) is 0 Å². The average molecular weight is 330 g/mol. The summed E-state index contributed by atoms with van der Waals surface area (Å²) in [7, 11) is 0. The van der Waals surface area contributed by atoms with Gasteiger partial charge in [0.1, 0.15) is 22.5 Å². The molecule has 23 heavy (non-hydrogen) atoms. The molecule has 0 aliphatic heterocycles. The predicted octanol–water partition coefficient (Wildman–Crippen LogP) is 4.64. The SMILES string of the molecule is CCc1cc(-n2nc3ccc(Cl)cc3n2)c(O)c(C(C)(C)C)c1. The molecule has 3 aromatic rings. The number of halogens is 1. The Bertz CT molecular complexity index is 878. The second kappa shape index (κ2) is 5.53. The van der Waals surface area contributed by atoms with E-state index in [1.807, 2.05) is 12.1 Å². The highest BCUT2D eigenvalue weighted by Crippen LogP contribution is 2.36. The number of hydrogen-bond donors (Lipinski definition) is 1. The Morgan fingerprint density at radius 2 is 1.78 bits per heavy atom. The molecule has 0 amide bonds. The maximum Gasteiger partial charge on any atom is 0.146 e. The van der Waals surface area contributed by atoms with Gasteiger partial charge in [0.05, 0.1) is 0 Å². The molecule has 0 atom stereocenters. The third kappa shape index (κ3) is 2.91. The Morgan fingerprint density at radius 1 is 1.09 bits per heavy atom. The molecular formula is C18H20ClN3O. The molecule has 0 saturated carbocycles. The molecular weight excluding hydrogens is 310 g/mol. The largest absolute Gasteiger partial charge is 0.505 e. The fourth-order valence-corrected chi connectivity index (χ4v) is 2.77. The van der Waals surface area contributed by atoms with Crippen LogP contribution in [0.4, 0.5) is 0 Å². The molecule has 1 N–H and O–H groups in total. The zero-order valence-electron chi connectivity index (χ0n) is 13.8. The first-order chi connectivity index (χ1) is 10.8. The number of hydrogen-bond acceptors (Lipinski definition) is 3. The van der Waals surface area contributed by atoms with Crippen LogP contribution in [-0.4, -0.2) is 20.1 Å². The first kappa shape index (κ1) is 15.8. The maximum absolute atomic E-state index is 10.8. The van der Waals surface area contributed by atoms with E-state index in [1.54, 1.807) is 12.1 Å². The van der Waals surface area contributed by atoms with Gasteiger partial charge in [0.15, 0.2) is 0 Å². The second-order valence-corrected chi connectivity index (χ2v) is 7.17. The van der Waals surface area contributed by atoms with Gasteiger partial charge in [0.25, 0.3) is 0 Å². The fourth-order valence-electron chi connectivity index (χ4n) is 2.60. The van der Waals surface area contributed by atoms with E-state index in [0.717, 1.165) is 23.1 Å². The van der Waals surface area contributed by atoms with Crippen molar-refractivity contribution in [3.8, 4) is 11.4 Å². The summed E-state index contributed by atoms with van der Waals surface area (Å²) in [6, 6.07) is 9.37. The predicted molar refractivity (Wildman–Crippen MR) is 93.6 cm³/mol. The van der Waals surface area contributed by atoms with Crippen molar-refractivity contribution < 1.29 is 5.11 Å². The zero-order valence-corrected chi connectivity index (χ0v) is 14.5. The number of benzene rings is 2. The quantitative estimate of drug-likeness (QED) is 0.745. The number of nitrogens with zero attached hydrogens (tertiary/aromatic N) is 3. The monoisotopic (exact) mass is 329 g/mol. The van der Waals surface area contributed by atoms with Gasteiger partial charge in [-0.3, -0.25) is 0 Å². The van der Waals surface area contributed by atoms with Gasteiger partial charge in [-0.1, -0.05) is 45.4 Å². The number of aromatic nitrogens is 3. The van der Waals surface area contributed by atoms with Gasteiger partial charge in [-0.25, -0.2) is 0 Å². The zero-order chi connectivity index (χ0) is 16.8. The molecule has 0 aliphatic rings. The molecule has 3 rings (SSSR count). The van der Waals surface area contributed by atoms with Crippen molar-refractivity contribution in [1.29, 1.82) is 0 Å². The van der Waals surface area contributed by atoms with Crippen molar-refractivity contribution in [1.82, 2.24) is 15.0 Å².